The molecule has 2 aromatic carbocycles. The molecule has 0 aliphatic heterocycles. The van der Waals surface area contributed by atoms with Gasteiger partial charge in [-0.3, -0.25) is 4.57 Å². The summed E-state index contributed by atoms with van der Waals surface area (Å²) in [5.41, 5.74) is 9.24. The van der Waals surface area contributed by atoms with Crippen LogP contribution in [0.5, 0.6) is 0 Å². The molecule has 2 aromatic heterocycles. The van der Waals surface area contributed by atoms with Crippen LogP contribution in [0.15, 0.2) is 53.9 Å². The quantitative estimate of drug-likeness (QED) is 0.483. The van der Waals surface area contributed by atoms with Crippen molar-refractivity contribution in [3.8, 4) is 16.8 Å². The number of benzene rings is 2. The van der Waals surface area contributed by atoms with E-state index in [0.29, 0.717) is 33.0 Å². The molecular formula is C21H21ClN6O2S. The Balaban J connectivity index is 2.08. The van der Waals surface area contributed by atoms with Crippen molar-refractivity contribution in [2.45, 2.75) is 31.1 Å². The molecule has 0 aliphatic carbocycles. The number of fused-ring (bicyclic) bond motifs is 1. The fourth-order valence-electron chi connectivity index (χ4n) is 3.42. The lowest BCUT2D eigenvalue weighted by atomic mass is 9.85. The number of aromatic nitrogens is 4. The highest BCUT2D eigenvalue weighted by atomic mass is 35.5. The van der Waals surface area contributed by atoms with E-state index in [-0.39, 0.29) is 16.1 Å². The maximum absolute atomic E-state index is 12.4. The number of rotatable bonds is 3. The number of hydrogen-bond donors (Lipinski definition) is 2. The molecule has 0 saturated heterocycles. The first-order valence-corrected chi connectivity index (χ1v) is 11.3. The number of nitrogens with zero attached hydrogens (tertiary/aromatic N) is 4. The largest absolute Gasteiger partial charge is 0.382 e. The maximum atomic E-state index is 12.4. The summed E-state index contributed by atoms with van der Waals surface area (Å²) in [7, 11) is -3.99. The van der Waals surface area contributed by atoms with Gasteiger partial charge >= 0.3 is 0 Å². The minimum atomic E-state index is -3.99. The number of hydrogen-bond acceptors (Lipinski definition) is 6. The minimum absolute atomic E-state index is 0.0163. The van der Waals surface area contributed by atoms with Crippen molar-refractivity contribution in [1.82, 2.24) is 19.5 Å². The second-order valence-corrected chi connectivity index (χ2v) is 10.2. The molecule has 160 valence electrons. The lowest BCUT2D eigenvalue weighted by Gasteiger charge is -2.22. The molecular weight excluding hydrogens is 436 g/mol. The molecule has 4 rings (SSSR count). The summed E-state index contributed by atoms with van der Waals surface area (Å²) < 4.78 is 26.5. The summed E-state index contributed by atoms with van der Waals surface area (Å²) in [6.07, 6.45) is 2.89. The van der Waals surface area contributed by atoms with Gasteiger partial charge in [-0.15, -0.1) is 0 Å². The van der Waals surface area contributed by atoms with E-state index in [9.17, 15) is 8.42 Å². The van der Waals surface area contributed by atoms with Crippen LogP contribution in [0.25, 0.3) is 28.0 Å². The summed E-state index contributed by atoms with van der Waals surface area (Å²) >= 11 is 6.30. The van der Waals surface area contributed by atoms with Crippen LogP contribution in [0, 0.1) is 0 Å². The van der Waals surface area contributed by atoms with Crippen LogP contribution >= 0.6 is 11.6 Å². The van der Waals surface area contributed by atoms with E-state index in [2.05, 4.69) is 35.7 Å². The van der Waals surface area contributed by atoms with Gasteiger partial charge in [-0.05, 0) is 35.2 Å². The van der Waals surface area contributed by atoms with Crippen LogP contribution in [0.4, 0.5) is 5.82 Å². The summed E-state index contributed by atoms with van der Waals surface area (Å²) in [6, 6.07) is 10.3. The van der Waals surface area contributed by atoms with Crippen molar-refractivity contribution in [2.24, 2.45) is 5.14 Å². The average Bonchev–Trinajstić information content (AvgIpc) is 3.11. The van der Waals surface area contributed by atoms with Crippen LogP contribution in [-0.4, -0.2) is 27.9 Å². The third-order valence-electron chi connectivity index (χ3n) is 5.02. The first kappa shape index (κ1) is 21.2. The second kappa shape index (κ2) is 7.30. The summed E-state index contributed by atoms with van der Waals surface area (Å²) in [5.74, 6) is 0.243. The van der Waals surface area contributed by atoms with E-state index in [1.807, 2.05) is 6.07 Å². The predicted octanol–water partition coefficient (Wildman–Crippen LogP) is 3.66. The van der Waals surface area contributed by atoms with E-state index < -0.39 is 10.0 Å². The van der Waals surface area contributed by atoms with E-state index >= 15 is 0 Å². The minimum Gasteiger partial charge on any atom is -0.382 e. The van der Waals surface area contributed by atoms with Gasteiger partial charge in [0.15, 0.2) is 17.0 Å². The third-order valence-corrected chi connectivity index (χ3v) is 6.23. The zero-order chi connectivity index (χ0) is 22.6. The highest BCUT2D eigenvalue weighted by Crippen LogP contribution is 2.37. The highest BCUT2D eigenvalue weighted by Gasteiger charge is 2.23. The molecule has 0 atom stereocenters. The SMILES string of the molecule is CC(C)(C)c1ccc(S(N)(=O)=O)c(-c2ccc(Cl)cc2-n2cnc3c(N)ncnc32)c1. The van der Waals surface area contributed by atoms with Crippen molar-refractivity contribution in [3.05, 3.63) is 59.6 Å². The smallest absolute Gasteiger partial charge is 0.238 e. The van der Waals surface area contributed by atoms with Gasteiger partial charge in [-0.2, -0.15) is 0 Å². The van der Waals surface area contributed by atoms with Gasteiger partial charge in [-0.25, -0.2) is 28.5 Å². The molecule has 31 heavy (non-hydrogen) atoms. The van der Waals surface area contributed by atoms with Crippen molar-refractivity contribution >= 4 is 38.6 Å². The Labute approximate surface area is 185 Å². The van der Waals surface area contributed by atoms with E-state index in [0.717, 1.165) is 5.56 Å². The standard InChI is InChI=1S/C21H21ClN6O2S/c1-21(2,3)12-4-7-17(31(24,29)30)15(8-12)14-6-5-13(22)9-16(14)28-11-27-18-19(23)25-10-26-20(18)28/h4-11H,1-3H3,(H2,23,25,26)(H2,24,29,30). The van der Waals surface area contributed by atoms with Crippen LogP contribution in [0.1, 0.15) is 26.3 Å². The zero-order valence-electron chi connectivity index (χ0n) is 17.2. The molecule has 4 aromatic rings. The lowest BCUT2D eigenvalue weighted by molar-refractivity contribution is 0.587. The first-order chi connectivity index (χ1) is 14.5. The number of anilines is 1. The molecule has 0 fully saturated rings. The van der Waals surface area contributed by atoms with E-state index in [1.165, 1.54) is 12.4 Å². The summed E-state index contributed by atoms with van der Waals surface area (Å²) in [4.78, 5) is 12.6. The number of nitrogens with two attached hydrogens (primary N) is 2. The van der Waals surface area contributed by atoms with Crippen LogP contribution in [0.2, 0.25) is 5.02 Å². The number of nitrogen functional groups attached to an aromatic ring is 1. The lowest BCUT2D eigenvalue weighted by Crippen LogP contribution is -2.16. The molecule has 0 unspecified atom stereocenters. The van der Waals surface area contributed by atoms with Crippen LogP contribution < -0.4 is 10.9 Å². The zero-order valence-corrected chi connectivity index (χ0v) is 18.7. The van der Waals surface area contributed by atoms with E-state index in [1.54, 1.807) is 35.2 Å². The Bertz CT molecular complexity index is 1420. The Morgan fingerprint density at radius 3 is 2.42 bits per heavy atom. The number of imidazole rings is 1. The van der Waals surface area contributed by atoms with E-state index in [4.69, 9.17) is 22.5 Å². The van der Waals surface area contributed by atoms with Gasteiger partial charge in [-0.1, -0.05) is 44.5 Å². The van der Waals surface area contributed by atoms with Crippen molar-refractivity contribution in [2.75, 3.05) is 5.73 Å². The molecule has 0 saturated carbocycles. The molecule has 0 bridgehead atoms. The van der Waals surface area contributed by atoms with Gasteiger partial charge in [0.2, 0.25) is 10.0 Å². The summed E-state index contributed by atoms with van der Waals surface area (Å²) in [5, 5.41) is 6.02. The topological polar surface area (TPSA) is 130 Å². The third kappa shape index (κ3) is 3.87. The molecule has 2 heterocycles. The maximum Gasteiger partial charge on any atom is 0.238 e. The van der Waals surface area contributed by atoms with Crippen molar-refractivity contribution in [3.63, 3.8) is 0 Å². The average molecular weight is 457 g/mol. The Hall–Kier alpha value is -3.01. The predicted molar refractivity (Wildman–Crippen MR) is 122 cm³/mol. The van der Waals surface area contributed by atoms with Gasteiger partial charge in [0.1, 0.15) is 12.7 Å². The Kier molecular flexibility index (Phi) is 5.00. The molecule has 8 nitrogen and oxygen atoms in total. The highest BCUT2D eigenvalue weighted by molar-refractivity contribution is 7.89. The number of primary sulfonamides is 1. The number of halogens is 1. The molecule has 0 amide bonds. The van der Waals surface area contributed by atoms with Crippen LogP contribution in [0.3, 0.4) is 0 Å². The van der Waals surface area contributed by atoms with Crippen LogP contribution in [-0.2, 0) is 15.4 Å². The molecule has 0 radical (unpaired) electrons. The first-order valence-electron chi connectivity index (χ1n) is 9.38. The Morgan fingerprint density at radius 1 is 1.00 bits per heavy atom. The van der Waals surface area contributed by atoms with Crippen molar-refractivity contribution < 1.29 is 8.42 Å². The fraction of sp³-hybridized carbons (Fsp3) is 0.190. The van der Waals surface area contributed by atoms with Gasteiger partial charge in [0, 0.05) is 16.1 Å². The second-order valence-electron chi connectivity index (χ2n) is 8.21. The number of sulfonamides is 1. The molecule has 0 spiro atoms. The normalized spacial score (nSPS) is 12.4. The molecule has 4 N–H and O–H groups in total. The fourth-order valence-corrected chi connectivity index (χ4v) is 4.32. The monoisotopic (exact) mass is 456 g/mol. The molecule has 10 heteroatoms. The van der Waals surface area contributed by atoms with Crippen molar-refractivity contribution in [1.29, 1.82) is 0 Å². The van der Waals surface area contributed by atoms with Gasteiger partial charge in [0.05, 0.1) is 10.6 Å². The molecule has 0 aliphatic rings. The van der Waals surface area contributed by atoms with Gasteiger partial charge in [0.25, 0.3) is 0 Å². The summed E-state index contributed by atoms with van der Waals surface area (Å²) in [6.45, 7) is 6.15. The Morgan fingerprint density at radius 2 is 1.74 bits per heavy atom. The van der Waals surface area contributed by atoms with Gasteiger partial charge < -0.3 is 5.73 Å².